The smallest absolute Gasteiger partial charge is 0.141 e. The van der Waals surface area contributed by atoms with Gasteiger partial charge in [0, 0.05) is 11.8 Å². The Morgan fingerprint density at radius 3 is 2.65 bits per heavy atom. The molecule has 1 aliphatic rings. The molecule has 0 heterocycles. The molecule has 0 unspecified atom stereocenters. The third-order valence-corrected chi connectivity index (χ3v) is 3.53. The third-order valence-electron chi connectivity index (χ3n) is 3.53. The van der Waals surface area contributed by atoms with Gasteiger partial charge in [0.15, 0.2) is 0 Å². The van der Waals surface area contributed by atoms with Crippen LogP contribution in [0.4, 0.5) is 4.39 Å². The Bertz CT molecular complexity index is 513. The molecular formula is C14H14FNO. The van der Waals surface area contributed by atoms with E-state index < -0.39 is 5.82 Å². The Morgan fingerprint density at radius 2 is 2.18 bits per heavy atom. The number of benzene rings is 1. The van der Waals surface area contributed by atoms with Crippen molar-refractivity contribution in [1.29, 1.82) is 5.26 Å². The number of halogens is 1. The molecule has 0 aromatic heterocycles. The number of nitrogens with zero attached hydrogens (tertiary/aromatic N) is 1. The lowest BCUT2D eigenvalue weighted by atomic mass is 9.88. The van der Waals surface area contributed by atoms with Gasteiger partial charge in [-0.05, 0) is 30.0 Å². The van der Waals surface area contributed by atoms with Crippen molar-refractivity contribution in [2.75, 3.05) is 0 Å². The Morgan fingerprint density at radius 1 is 1.47 bits per heavy atom. The van der Waals surface area contributed by atoms with Crippen LogP contribution in [-0.4, -0.2) is 5.78 Å². The van der Waals surface area contributed by atoms with Crippen molar-refractivity contribution in [2.45, 2.75) is 32.6 Å². The second-order valence-corrected chi connectivity index (χ2v) is 5.26. The van der Waals surface area contributed by atoms with Gasteiger partial charge >= 0.3 is 0 Å². The van der Waals surface area contributed by atoms with E-state index in [2.05, 4.69) is 0 Å². The number of hydrogen-bond donors (Lipinski definition) is 0. The topological polar surface area (TPSA) is 40.9 Å². The first kappa shape index (κ1) is 11.8. The van der Waals surface area contributed by atoms with Gasteiger partial charge in [0.2, 0.25) is 0 Å². The Hall–Kier alpha value is -1.69. The van der Waals surface area contributed by atoms with E-state index in [0.717, 1.165) is 12.0 Å². The van der Waals surface area contributed by atoms with E-state index in [4.69, 9.17) is 5.26 Å². The molecule has 1 aromatic carbocycles. The number of ketones is 1. The van der Waals surface area contributed by atoms with E-state index in [1.165, 1.54) is 12.1 Å². The third kappa shape index (κ3) is 2.08. The lowest BCUT2D eigenvalue weighted by molar-refractivity contribution is -0.124. The number of carbonyl (C=O) groups is 1. The van der Waals surface area contributed by atoms with Crippen molar-refractivity contribution in [3.05, 3.63) is 35.1 Å². The molecule has 1 aliphatic carbocycles. The molecule has 1 atom stereocenters. The summed E-state index contributed by atoms with van der Waals surface area (Å²) in [5.41, 5.74) is 0.562. The fraction of sp³-hybridized carbons (Fsp3) is 0.429. The predicted octanol–water partition coefficient (Wildman–Crippen LogP) is 3.17. The zero-order chi connectivity index (χ0) is 12.6. The second-order valence-electron chi connectivity index (χ2n) is 5.26. The van der Waals surface area contributed by atoms with E-state index >= 15 is 0 Å². The lowest BCUT2D eigenvalue weighted by Crippen LogP contribution is -2.15. The molecule has 0 saturated heterocycles. The van der Waals surface area contributed by atoms with Crippen molar-refractivity contribution >= 4 is 5.78 Å². The Labute approximate surface area is 100 Å². The molecule has 0 aliphatic heterocycles. The molecule has 0 spiro atoms. The first-order chi connectivity index (χ1) is 7.94. The van der Waals surface area contributed by atoms with E-state index in [1.54, 1.807) is 12.1 Å². The molecule has 0 N–H and O–H groups in total. The van der Waals surface area contributed by atoms with Crippen molar-refractivity contribution in [3.8, 4) is 6.07 Å². The quantitative estimate of drug-likeness (QED) is 0.744. The Balaban J connectivity index is 2.29. The van der Waals surface area contributed by atoms with Gasteiger partial charge in [-0.2, -0.15) is 5.26 Å². The predicted molar refractivity (Wildman–Crippen MR) is 61.9 cm³/mol. The largest absolute Gasteiger partial charge is 0.299 e. The molecule has 1 fully saturated rings. The zero-order valence-corrected chi connectivity index (χ0v) is 9.96. The molecule has 1 aromatic rings. The first-order valence-electron chi connectivity index (χ1n) is 5.67. The van der Waals surface area contributed by atoms with Crippen LogP contribution in [0.15, 0.2) is 18.2 Å². The summed E-state index contributed by atoms with van der Waals surface area (Å²) in [6.45, 7) is 3.85. The maximum atomic E-state index is 13.5. The molecule has 0 amide bonds. The zero-order valence-electron chi connectivity index (χ0n) is 9.96. The molecule has 2 rings (SSSR count). The average molecular weight is 231 g/mol. The fourth-order valence-corrected chi connectivity index (χ4v) is 2.41. The molecule has 3 heteroatoms. The van der Waals surface area contributed by atoms with Gasteiger partial charge in [0.1, 0.15) is 17.7 Å². The van der Waals surface area contributed by atoms with Gasteiger partial charge in [0.05, 0.1) is 5.56 Å². The summed E-state index contributed by atoms with van der Waals surface area (Å²) >= 11 is 0. The van der Waals surface area contributed by atoms with Gasteiger partial charge in [0.25, 0.3) is 0 Å². The summed E-state index contributed by atoms with van der Waals surface area (Å²) < 4.78 is 13.5. The van der Waals surface area contributed by atoms with Crippen LogP contribution in [-0.2, 0) is 4.79 Å². The molecule has 2 nitrogen and oxygen atoms in total. The van der Waals surface area contributed by atoms with Crippen molar-refractivity contribution in [3.63, 3.8) is 0 Å². The van der Waals surface area contributed by atoms with E-state index in [1.807, 2.05) is 13.8 Å². The van der Waals surface area contributed by atoms with Crippen LogP contribution in [0.2, 0.25) is 0 Å². The summed E-state index contributed by atoms with van der Waals surface area (Å²) in [6.07, 6.45) is 1.22. The molecule has 0 radical (unpaired) electrons. The van der Waals surface area contributed by atoms with Crippen LogP contribution >= 0.6 is 0 Å². The summed E-state index contributed by atoms with van der Waals surface area (Å²) in [5.74, 6) is -0.186. The second kappa shape index (κ2) is 3.96. The van der Waals surface area contributed by atoms with Crippen LogP contribution in [0, 0.1) is 22.6 Å². The Kier molecular flexibility index (Phi) is 2.74. The summed E-state index contributed by atoms with van der Waals surface area (Å²) in [6, 6.07) is 6.42. The highest BCUT2D eigenvalue weighted by molar-refractivity contribution is 5.87. The monoisotopic (exact) mass is 231 g/mol. The number of carbonyl (C=O) groups excluding carboxylic acids is 1. The number of hydrogen-bond acceptors (Lipinski definition) is 2. The first-order valence-corrected chi connectivity index (χ1v) is 5.67. The SMILES string of the molecule is CC1(C)C[C@@H](c2ccc(C#N)c(F)c2)CC1=O. The lowest BCUT2D eigenvalue weighted by Gasteiger charge is -2.15. The molecular weight excluding hydrogens is 217 g/mol. The minimum absolute atomic E-state index is 0.0531. The van der Waals surface area contributed by atoms with Crippen molar-refractivity contribution < 1.29 is 9.18 Å². The average Bonchev–Trinajstić information content (AvgIpc) is 2.53. The van der Waals surface area contributed by atoms with E-state index in [-0.39, 0.29) is 22.7 Å². The minimum Gasteiger partial charge on any atom is -0.299 e. The van der Waals surface area contributed by atoms with E-state index in [0.29, 0.717) is 6.42 Å². The number of Topliss-reactive ketones (excluding diaryl/α,β-unsaturated/α-hetero) is 1. The molecule has 0 bridgehead atoms. The molecule has 1 saturated carbocycles. The van der Waals surface area contributed by atoms with Crippen LogP contribution in [0.3, 0.4) is 0 Å². The summed E-state index contributed by atoms with van der Waals surface area (Å²) in [7, 11) is 0. The van der Waals surface area contributed by atoms with Crippen molar-refractivity contribution in [1.82, 2.24) is 0 Å². The highest BCUT2D eigenvalue weighted by Gasteiger charge is 2.39. The summed E-state index contributed by atoms with van der Waals surface area (Å²) in [4.78, 5) is 11.7. The molecule has 88 valence electrons. The van der Waals surface area contributed by atoms with Crippen LogP contribution in [0.1, 0.15) is 43.7 Å². The van der Waals surface area contributed by atoms with Crippen LogP contribution in [0.25, 0.3) is 0 Å². The van der Waals surface area contributed by atoms with Gasteiger partial charge in [-0.1, -0.05) is 19.9 Å². The maximum Gasteiger partial charge on any atom is 0.141 e. The minimum atomic E-state index is -0.498. The van der Waals surface area contributed by atoms with Gasteiger partial charge in [-0.3, -0.25) is 4.79 Å². The van der Waals surface area contributed by atoms with Gasteiger partial charge in [-0.15, -0.1) is 0 Å². The van der Waals surface area contributed by atoms with Crippen LogP contribution in [0.5, 0.6) is 0 Å². The fourth-order valence-electron chi connectivity index (χ4n) is 2.41. The highest BCUT2D eigenvalue weighted by Crippen LogP contribution is 2.43. The van der Waals surface area contributed by atoms with Gasteiger partial charge in [-0.25, -0.2) is 4.39 Å². The standard InChI is InChI=1S/C14H14FNO/c1-14(2)7-11(6-13(14)17)9-3-4-10(8-16)12(15)5-9/h3-5,11H,6-7H2,1-2H3/t11-/m0/s1. The summed E-state index contributed by atoms with van der Waals surface area (Å²) in [5, 5.41) is 8.66. The molecule has 17 heavy (non-hydrogen) atoms. The number of nitriles is 1. The van der Waals surface area contributed by atoms with Crippen molar-refractivity contribution in [2.24, 2.45) is 5.41 Å². The highest BCUT2D eigenvalue weighted by atomic mass is 19.1. The maximum absolute atomic E-state index is 13.5. The normalized spacial score (nSPS) is 22.5. The van der Waals surface area contributed by atoms with Crippen LogP contribution < -0.4 is 0 Å². The number of rotatable bonds is 1. The van der Waals surface area contributed by atoms with Gasteiger partial charge < -0.3 is 0 Å². The van der Waals surface area contributed by atoms with E-state index in [9.17, 15) is 9.18 Å².